The third-order valence-corrected chi connectivity index (χ3v) is 3.14. The average Bonchev–Trinajstić information content (AvgIpc) is 2.45. The second kappa shape index (κ2) is 5.91. The molecule has 0 atom stereocenters. The minimum atomic E-state index is -4.96. The molecule has 0 bridgehead atoms. The number of alkyl halides is 3. The Morgan fingerprint density at radius 2 is 1.50 bits per heavy atom. The summed E-state index contributed by atoms with van der Waals surface area (Å²) in [7, 11) is 0. The Balaban J connectivity index is 2.81. The molecule has 0 fully saturated rings. The first-order valence-electron chi connectivity index (χ1n) is 6.19. The molecule has 0 aliphatic rings. The molecule has 0 unspecified atom stereocenters. The molecule has 24 heavy (non-hydrogen) atoms. The van der Waals surface area contributed by atoms with Crippen LogP contribution in [0.2, 0.25) is 0 Å². The van der Waals surface area contributed by atoms with E-state index in [0.717, 1.165) is 6.07 Å². The van der Waals surface area contributed by atoms with Gasteiger partial charge in [-0.05, 0) is 35.4 Å². The number of aromatic carboxylic acids is 2. The predicted molar refractivity (Wildman–Crippen MR) is 70.7 cm³/mol. The third kappa shape index (κ3) is 3.19. The first kappa shape index (κ1) is 17.4. The standard InChI is InChI=1S/C15H7F5O4/c16-10-2-1-6(3-9(10)13(21)22)8-4-7(15(18,19)20)5-11(17)12(8)14(23)24/h1-5H,(H,21,22)(H,23,24). The van der Waals surface area contributed by atoms with Crippen LogP contribution >= 0.6 is 0 Å². The molecule has 0 aliphatic heterocycles. The smallest absolute Gasteiger partial charge is 0.416 e. The highest BCUT2D eigenvalue weighted by Crippen LogP contribution is 2.36. The van der Waals surface area contributed by atoms with Crippen LogP contribution in [0.15, 0.2) is 30.3 Å². The van der Waals surface area contributed by atoms with Crippen molar-refractivity contribution in [1.82, 2.24) is 0 Å². The Bertz CT molecular complexity index is 842. The Morgan fingerprint density at radius 3 is 2.00 bits per heavy atom. The van der Waals surface area contributed by atoms with Crippen LogP contribution in [0, 0.1) is 11.6 Å². The molecule has 0 heterocycles. The van der Waals surface area contributed by atoms with Crippen LogP contribution in [0.4, 0.5) is 22.0 Å². The Labute approximate surface area is 130 Å². The lowest BCUT2D eigenvalue weighted by Crippen LogP contribution is -2.11. The summed E-state index contributed by atoms with van der Waals surface area (Å²) in [6.45, 7) is 0. The fourth-order valence-electron chi connectivity index (χ4n) is 2.07. The summed E-state index contributed by atoms with van der Waals surface area (Å²) in [5.41, 5.74) is -4.51. The SMILES string of the molecule is O=C(O)c1cc(-c2cc(C(F)(F)F)cc(F)c2C(=O)O)ccc1F. The molecule has 0 aliphatic carbocycles. The topological polar surface area (TPSA) is 74.6 Å². The lowest BCUT2D eigenvalue weighted by atomic mass is 9.95. The minimum Gasteiger partial charge on any atom is -0.478 e. The van der Waals surface area contributed by atoms with E-state index in [-0.39, 0.29) is 11.6 Å². The second-order valence-electron chi connectivity index (χ2n) is 4.68. The van der Waals surface area contributed by atoms with Crippen molar-refractivity contribution in [3.63, 3.8) is 0 Å². The summed E-state index contributed by atoms with van der Waals surface area (Å²) < 4.78 is 65.6. The summed E-state index contributed by atoms with van der Waals surface area (Å²) in [6, 6.07) is 2.53. The maximum atomic E-state index is 13.8. The number of hydrogen-bond acceptors (Lipinski definition) is 2. The van der Waals surface area contributed by atoms with Crippen molar-refractivity contribution in [2.75, 3.05) is 0 Å². The lowest BCUT2D eigenvalue weighted by Gasteiger charge is -2.13. The number of rotatable bonds is 3. The number of carboxylic acids is 2. The molecule has 9 heteroatoms. The molecule has 0 saturated heterocycles. The van der Waals surface area contributed by atoms with Gasteiger partial charge in [-0.25, -0.2) is 18.4 Å². The van der Waals surface area contributed by atoms with Gasteiger partial charge in [0.2, 0.25) is 0 Å². The zero-order chi connectivity index (χ0) is 18.2. The largest absolute Gasteiger partial charge is 0.478 e. The highest BCUT2D eigenvalue weighted by molar-refractivity contribution is 5.98. The first-order chi connectivity index (χ1) is 11.0. The van der Waals surface area contributed by atoms with Crippen LogP contribution in [0.5, 0.6) is 0 Å². The van der Waals surface area contributed by atoms with E-state index in [1.165, 1.54) is 0 Å². The molecule has 0 aromatic heterocycles. The van der Waals surface area contributed by atoms with Gasteiger partial charge in [0.05, 0.1) is 11.1 Å². The molecule has 2 aromatic carbocycles. The van der Waals surface area contributed by atoms with E-state index in [1.807, 2.05) is 0 Å². The van der Waals surface area contributed by atoms with Gasteiger partial charge in [-0.1, -0.05) is 6.07 Å². The molecule has 2 N–H and O–H groups in total. The van der Waals surface area contributed by atoms with Crippen molar-refractivity contribution in [1.29, 1.82) is 0 Å². The van der Waals surface area contributed by atoms with Gasteiger partial charge in [0.15, 0.2) is 0 Å². The van der Waals surface area contributed by atoms with Crippen LogP contribution in [-0.4, -0.2) is 22.2 Å². The van der Waals surface area contributed by atoms with Crippen LogP contribution in [0.25, 0.3) is 11.1 Å². The predicted octanol–water partition coefficient (Wildman–Crippen LogP) is 4.05. The zero-order valence-corrected chi connectivity index (χ0v) is 11.5. The van der Waals surface area contributed by atoms with Crippen LogP contribution in [-0.2, 0) is 6.18 Å². The second-order valence-corrected chi connectivity index (χ2v) is 4.68. The Kier molecular flexibility index (Phi) is 4.28. The van der Waals surface area contributed by atoms with Gasteiger partial charge in [-0.2, -0.15) is 13.2 Å². The average molecular weight is 346 g/mol. The van der Waals surface area contributed by atoms with E-state index in [4.69, 9.17) is 10.2 Å². The van der Waals surface area contributed by atoms with E-state index < -0.39 is 52.0 Å². The normalized spacial score (nSPS) is 11.4. The number of halogens is 5. The van der Waals surface area contributed by atoms with Gasteiger partial charge in [0, 0.05) is 0 Å². The number of benzene rings is 2. The number of hydrogen-bond donors (Lipinski definition) is 2. The van der Waals surface area contributed by atoms with Crippen LogP contribution in [0.1, 0.15) is 26.3 Å². The highest BCUT2D eigenvalue weighted by Gasteiger charge is 2.33. The van der Waals surface area contributed by atoms with E-state index in [2.05, 4.69) is 0 Å². The third-order valence-electron chi connectivity index (χ3n) is 3.14. The summed E-state index contributed by atoms with van der Waals surface area (Å²) in [5.74, 6) is -6.37. The number of carboxylic acid groups (broad SMARTS) is 2. The van der Waals surface area contributed by atoms with E-state index in [1.54, 1.807) is 0 Å². The maximum absolute atomic E-state index is 13.8. The van der Waals surface area contributed by atoms with Crippen LogP contribution < -0.4 is 0 Å². The first-order valence-corrected chi connectivity index (χ1v) is 6.19. The van der Waals surface area contributed by atoms with Gasteiger partial charge < -0.3 is 10.2 Å². The van der Waals surface area contributed by atoms with Crippen LogP contribution in [0.3, 0.4) is 0 Å². The molecule has 0 saturated carbocycles. The molecule has 0 amide bonds. The molecule has 0 spiro atoms. The van der Waals surface area contributed by atoms with Crippen molar-refractivity contribution in [2.45, 2.75) is 6.18 Å². The monoisotopic (exact) mass is 346 g/mol. The van der Waals surface area contributed by atoms with E-state index in [9.17, 15) is 31.5 Å². The van der Waals surface area contributed by atoms with Crippen molar-refractivity contribution in [3.05, 3.63) is 58.7 Å². The summed E-state index contributed by atoms with van der Waals surface area (Å²) in [6.07, 6.45) is -4.96. The van der Waals surface area contributed by atoms with E-state index in [0.29, 0.717) is 18.2 Å². The molecule has 2 aromatic rings. The van der Waals surface area contributed by atoms with Gasteiger partial charge in [-0.3, -0.25) is 0 Å². The van der Waals surface area contributed by atoms with Crippen molar-refractivity contribution in [3.8, 4) is 11.1 Å². The zero-order valence-electron chi connectivity index (χ0n) is 11.5. The molecule has 2 rings (SSSR count). The lowest BCUT2D eigenvalue weighted by molar-refractivity contribution is -0.137. The Morgan fingerprint density at radius 1 is 0.875 bits per heavy atom. The van der Waals surface area contributed by atoms with Gasteiger partial charge in [0.1, 0.15) is 17.2 Å². The van der Waals surface area contributed by atoms with Crippen molar-refractivity contribution < 1.29 is 41.8 Å². The van der Waals surface area contributed by atoms with Gasteiger partial charge in [0.25, 0.3) is 0 Å². The molecule has 126 valence electrons. The summed E-state index contributed by atoms with van der Waals surface area (Å²) >= 11 is 0. The Hall–Kier alpha value is -2.97. The summed E-state index contributed by atoms with van der Waals surface area (Å²) in [4.78, 5) is 22.1. The van der Waals surface area contributed by atoms with Gasteiger partial charge in [-0.15, -0.1) is 0 Å². The van der Waals surface area contributed by atoms with Gasteiger partial charge >= 0.3 is 18.1 Å². The van der Waals surface area contributed by atoms with E-state index >= 15 is 0 Å². The molecular weight excluding hydrogens is 339 g/mol. The molecule has 4 nitrogen and oxygen atoms in total. The molecule has 0 radical (unpaired) electrons. The summed E-state index contributed by atoms with van der Waals surface area (Å²) in [5, 5.41) is 17.9. The number of carbonyl (C=O) groups is 2. The minimum absolute atomic E-state index is 0.0224. The fraction of sp³-hybridized carbons (Fsp3) is 0.0667. The van der Waals surface area contributed by atoms with Crippen molar-refractivity contribution >= 4 is 11.9 Å². The maximum Gasteiger partial charge on any atom is 0.416 e. The highest BCUT2D eigenvalue weighted by atomic mass is 19.4. The quantitative estimate of drug-likeness (QED) is 0.823. The molecular formula is C15H7F5O4. The van der Waals surface area contributed by atoms with Crippen molar-refractivity contribution in [2.24, 2.45) is 0 Å². The fourth-order valence-corrected chi connectivity index (χ4v) is 2.07.